The lowest BCUT2D eigenvalue weighted by Gasteiger charge is -2.05. The molecule has 0 saturated carbocycles. The van der Waals surface area contributed by atoms with Gasteiger partial charge in [-0.25, -0.2) is 10.8 Å². The topological polar surface area (TPSA) is 123 Å². The molecule has 8 nitrogen and oxygen atoms in total. The fraction of sp³-hybridized carbons (Fsp3) is 0.0714. The van der Waals surface area contributed by atoms with Gasteiger partial charge in [-0.15, -0.1) is 0 Å². The Morgan fingerprint density at radius 1 is 1.35 bits per heavy atom. The van der Waals surface area contributed by atoms with Crippen LogP contribution in [0.25, 0.3) is 11.2 Å². The van der Waals surface area contributed by atoms with Crippen molar-refractivity contribution in [2.45, 2.75) is 6.54 Å². The number of hydrogen-bond donors (Lipinski definition) is 2. The molecule has 0 aliphatic carbocycles. The van der Waals surface area contributed by atoms with E-state index in [-0.39, 0.29) is 23.4 Å². The van der Waals surface area contributed by atoms with Gasteiger partial charge in [-0.05, 0) is 23.7 Å². The summed E-state index contributed by atoms with van der Waals surface area (Å²) in [7, 11) is 0. The molecule has 2 aromatic heterocycles. The van der Waals surface area contributed by atoms with Crippen molar-refractivity contribution in [2.24, 2.45) is 5.84 Å². The Bertz CT molecular complexity index is 927. The molecule has 1 aromatic carbocycles. The summed E-state index contributed by atoms with van der Waals surface area (Å²) in [5.74, 6) is 5.51. The number of halogens is 1. The molecule has 3 rings (SSSR count). The van der Waals surface area contributed by atoms with Crippen LogP contribution in [0.15, 0.2) is 30.6 Å². The molecule has 0 spiro atoms. The zero-order valence-corrected chi connectivity index (χ0v) is 12.4. The summed E-state index contributed by atoms with van der Waals surface area (Å²) >= 11 is 5.84. The van der Waals surface area contributed by atoms with E-state index in [9.17, 15) is 4.79 Å². The SMILES string of the molecule is N#Cc1ccc(C(=O)Cn2cnc3c(NN)nc(Cl)nc32)cc1. The third-order valence-electron chi connectivity index (χ3n) is 3.22. The van der Waals surface area contributed by atoms with Crippen LogP contribution in [0.2, 0.25) is 5.28 Å². The smallest absolute Gasteiger partial charge is 0.226 e. The molecule has 0 atom stereocenters. The van der Waals surface area contributed by atoms with Crippen molar-refractivity contribution in [3.8, 4) is 6.07 Å². The molecule has 0 amide bonds. The Labute approximate surface area is 135 Å². The standard InChI is InChI=1S/C14H10ClN7O/c15-14-19-12(21-17)11-13(20-14)22(7-18-11)6-10(23)9-3-1-8(5-16)2-4-9/h1-4,7H,6,17H2,(H,19,20,21). The van der Waals surface area contributed by atoms with Gasteiger partial charge in [-0.3, -0.25) is 4.79 Å². The normalized spacial score (nSPS) is 10.5. The van der Waals surface area contributed by atoms with Gasteiger partial charge in [0, 0.05) is 5.56 Å². The van der Waals surface area contributed by atoms with Crippen LogP contribution in [0, 0.1) is 11.3 Å². The Hall–Kier alpha value is -3.02. The van der Waals surface area contributed by atoms with Crippen LogP contribution in [-0.2, 0) is 6.54 Å². The van der Waals surface area contributed by atoms with Gasteiger partial charge in [-0.2, -0.15) is 15.2 Å². The summed E-state index contributed by atoms with van der Waals surface area (Å²) in [5, 5.41) is 8.78. The number of Topliss-reactive ketones (excluding diaryl/α,β-unsaturated/α-hetero) is 1. The van der Waals surface area contributed by atoms with E-state index in [0.29, 0.717) is 22.3 Å². The molecule has 0 aliphatic heterocycles. The minimum Gasteiger partial charge on any atom is -0.307 e. The van der Waals surface area contributed by atoms with Crippen molar-refractivity contribution in [3.05, 3.63) is 47.0 Å². The Kier molecular flexibility index (Phi) is 3.89. The van der Waals surface area contributed by atoms with Crippen LogP contribution < -0.4 is 11.3 Å². The average molecular weight is 328 g/mol. The van der Waals surface area contributed by atoms with E-state index < -0.39 is 0 Å². The van der Waals surface area contributed by atoms with Crippen LogP contribution in [0.1, 0.15) is 15.9 Å². The molecule has 0 bridgehead atoms. The fourth-order valence-electron chi connectivity index (χ4n) is 2.11. The van der Waals surface area contributed by atoms with Gasteiger partial charge in [0.2, 0.25) is 5.28 Å². The van der Waals surface area contributed by atoms with E-state index in [2.05, 4.69) is 20.4 Å². The molecule has 0 unspecified atom stereocenters. The lowest BCUT2D eigenvalue weighted by molar-refractivity contribution is 0.0973. The molecule has 0 fully saturated rings. The van der Waals surface area contributed by atoms with Crippen LogP contribution in [0.4, 0.5) is 5.82 Å². The predicted molar refractivity (Wildman–Crippen MR) is 83.6 cm³/mol. The first-order chi connectivity index (χ1) is 11.1. The van der Waals surface area contributed by atoms with Crippen molar-refractivity contribution in [1.29, 1.82) is 5.26 Å². The van der Waals surface area contributed by atoms with Crippen LogP contribution in [0.3, 0.4) is 0 Å². The number of hydrazine groups is 1. The molecule has 114 valence electrons. The van der Waals surface area contributed by atoms with Gasteiger partial charge < -0.3 is 9.99 Å². The van der Waals surface area contributed by atoms with Gasteiger partial charge in [-0.1, -0.05) is 12.1 Å². The number of ketones is 1. The monoisotopic (exact) mass is 327 g/mol. The minimum atomic E-state index is -0.147. The number of aromatic nitrogens is 4. The second kappa shape index (κ2) is 6.00. The van der Waals surface area contributed by atoms with Gasteiger partial charge in [0.15, 0.2) is 22.8 Å². The zero-order chi connectivity index (χ0) is 16.4. The molecule has 0 radical (unpaired) electrons. The van der Waals surface area contributed by atoms with Crippen molar-refractivity contribution >= 4 is 34.4 Å². The van der Waals surface area contributed by atoms with Gasteiger partial charge in [0.1, 0.15) is 0 Å². The summed E-state index contributed by atoms with van der Waals surface area (Å²) < 4.78 is 1.56. The predicted octanol–water partition coefficient (Wildman–Crippen LogP) is 1.52. The highest BCUT2D eigenvalue weighted by molar-refractivity contribution is 6.28. The molecule has 3 N–H and O–H groups in total. The van der Waals surface area contributed by atoms with Crippen molar-refractivity contribution in [3.63, 3.8) is 0 Å². The van der Waals surface area contributed by atoms with E-state index in [4.69, 9.17) is 22.7 Å². The number of carbonyl (C=O) groups excluding carboxylic acids is 1. The largest absolute Gasteiger partial charge is 0.307 e. The quantitative estimate of drug-likeness (QED) is 0.322. The summed E-state index contributed by atoms with van der Waals surface area (Å²) in [6.45, 7) is 0.0275. The number of imidazole rings is 1. The van der Waals surface area contributed by atoms with Crippen LogP contribution in [-0.4, -0.2) is 25.3 Å². The third-order valence-corrected chi connectivity index (χ3v) is 3.39. The van der Waals surface area contributed by atoms with Crippen LogP contribution in [0.5, 0.6) is 0 Å². The van der Waals surface area contributed by atoms with Gasteiger partial charge in [0.25, 0.3) is 0 Å². The third kappa shape index (κ3) is 2.83. The maximum absolute atomic E-state index is 12.3. The van der Waals surface area contributed by atoms with Gasteiger partial charge >= 0.3 is 0 Å². The molecule has 0 aliphatic rings. The molecule has 0 saturated heterocycles. The first-order valence-corrected chi connectivity index (χ1v) is 6.88. The minimum absolute atomic E-state index is 0.00183. The van der Waals surface area contributed by atoms with E-state index in [1.807, 2.05) is 6.07 Å². The second-order valence-electron chi connectivity index (χ2n) is 4.64. The van der Waals surface area contributed by atoms with E-state index in [0.717, 1.165) is 0 Å². The molecule has 23 heavy (non-hydrogen) atoms. The highest BCUT2D eigenvalue weighted by Crippen LogP contribution is 2.20. The number of nitrogens with one attached hydrogen (secondary N) is 1. The number of rotatable bonds is 4. The number of nitrogen functional groups attached to an aromatic ring is 1. The van der Waals surface area contributed by atoms with Gasteiger partial charge in [0.05, 0.1) is 24.5 Å². The number of nitriles is 1. The molecule has 2 heterocycles. The highest BCUT2D eigenvalue weighted by atomic mass is 35.5. The van der Waals surface area contributed by atoms with Crippen molar-refractivity contribution < 1.29 is 4.79 Å². The summed E-state index contributed by atoms with van der Waals surface area (Å²) in [6, 6.07) is 8.40. The maximum atomic E-state index is 12.3. The molecule has 9 heteroatoms. The molecular weight excluding hydrogens is 318 g/mol. The Balaban J connectivity index is 1.93. The number of fused-ring (bicyclic) bond motifs is 1. The van der Waals surface area contributed by atoms with E-state index in [1.54, 1.807) is 28.8 Å². The van der Waals surface area contributed by atoms with E-state index >= 15 is 0 Å². The van der Waals surface area contributed by atoms with Crippen molar-refractivity contribution in [2.75, 3.05) is 5.43 Å². The van der Waals surface area contributed by atoms with Crippen molar-refractivity contribution in [1.82, 2.24) is 19.5 Å². The Morgan fingerprint density at radius 2 is 2.09 bits per heavy atom. The molecular formula is C14H10ClN7O. The summed E-state index contributed by atoms with van der Waals surface area (Å²) in [6.07, 6.45) is 1.47. The zero-order valence-electron chi connectivity index (χ0n) is 11.7. The Morgan fingerprint density at radius 3 is 2.74 bits per heavy atom. The number of nitrogens with zero attached hydrogens (tertiary/aromatic N) is 5. The first-order valence-electron chi connectivity index (χ1n) is 6.50. The average Bonchev–Trinajstić information content (AvgIpc) is 2.96. The fourth-order valence-corrected chi connectivity index (χ4v) is 2.28. The number of carbonyl (C=O) groups is 1. The number of nitrogens with two attached hydrogens (primary N) is 1. The first kappa shape index (κ1) is 14.9. The number of hydrogen-bond acceptors (Lipinski definition) is 7. The lowest BCUT2D eigenvalue weighted by atomic mass is 10.1. The molecule has 3 aromatic rings. The van der Waals surface area contributed by atoms with E-state index in [1.165, 1.54) is 6.33 Å². The number of anilines is 1. The summed E-state index contributed by atoms with van der Waals surface area (Å²) in [4.78, 5) is 24.5. The van der Waals surface area contributed by atoms with Crippen LogP contribution >= 0.6 is 11.6 Å². The second-order valence-corrected chi connectivity index (χ2v) is 4.98. The summed E-state index contributed by atoms with van der Waals surface area (Å²) in [5.41, 5.74) is 4.20. The highest BCUT2D eigenvalue weighted by Gasteiger charge is 2.14. The maximum Gasteiger partial charge on any atom is 0.226 e. The lowest BCUT2D eigenvalue weighted by Crippen LogP contribution is -2.12. The number of benzene rings is 1.